The molecule has 1 aromatic carbocycles. The molecule has 2 atom stereocenters. The van der Waals surface area contributed by atoms with E-state index in [-0.39, 0.29) is 17.6 Å². The molecule has 2 nitrogen and oxygen atoms in total. The second-order valence-corrected chi connectivity index (χ2v) is 6.05. The second-order valence-electron chi connectivity index (χ2n) is 5.19. The van der Waals surface area contributed by atoms with Crippen LogP contribution >= 0.6 is 15.9 Å². The number of para-hydroxylation sites is 1. The highest BCUT2D eigenvalue weighted by molar-refractivity contribution is 9.10. The summed E-state index contributed by atoms with van der Waals surface area (Å²) in [5, 5.41) is 0. The molecule has 0 aromatic heterocycles. The Morgan fingerprint density at radius 2 is 1.81 bits per heavy atom. The topological polar surface area (TPSA) is 35.2 Å². The molecule has 0 saturated heterocycles. The van der Waals surface area contributed by atoms with E-state index in [1.165, 1.54) is 0 Å². The molecule has 16 heavy (non-hydrogen) atoms. The Morgan fingerprint density at radius 3 is 2.25 bits per heavy atom. The van der Waals surface area contributed by atoms with Crippen molar-refractivity contribution in [1.29, 1.82) is 0 Å². The highest BCUT2D eigenvalue weighted by Crippen LogP contribution is 2.30. The fourth-order valence-corrected chi connectivity index (χ4v) is 2.13. The van der Waals surface area contributed by atoms with Crippen molar-refractivity contribution >= 4 is 15.9 Å². The first-order chi connectivity index (χ1) is 7.32. The fourth-order valence-electron chi connectivity index (χ4n) is 1.75. The Balaban J connectivity index is 2.89. The number of rotatable bonds is 3. The largest absolute Gasteiger partial charge is 0.487 e. The van der Waals surface area contributed by atoms with E-state index in [1.807, 2.05) is 31.2 Å². The summed E-state index contributed by atoms with van der Waals surface area (Å²) in [5.41, 5.74) is 6.00. The number of hydrogen-bond donors (Lipinski definition) is 1. The molecule has 0 saturated carbocycles. The summed E-state index contributed by atoms with van der Waals surface area (Å²) in [6.45, 7) is 8.39. The summed E-state index contributed by atoms with van der Waals surface area (Å²) in [4.78, 5) is 0. The highest BCUT2D eigenvalue weighted by Gasteiger charge is 2.30. The molecule has 1 aromatic rings. The van der Waals surface area contributed by atoms with E-state index in [0.717, 1.165) is 10.2 Å². The van der Waals surface area contributed by atoms with E-state index in [9.17, 15) is 0 Å². The normalized spacial score (nSPS) is 15.6. The van der Waals surface area contributed by atoms with Crippen LogP contribution in [-0.4, -0.2) is 12.1 Å². The zero-order chi connectivity index (χ0) is 12.3. The standard InChI is InChI=1S/C13H20BrNO/c1-9(15)12(13(2,3)4)16-11-8-6-5-7-10(11)14/h5-9,12H,15H2,1-4H3. The molecule has 0 heterocycles. The van der Waals surface area contributed by atoms with Crippen molar-refractivity contribution in [3.8, 4) is 5.75 Å². The van der Waals surface area contributed by atoms with Crippen LogP contribution in [0.25, 0.3) is 0 Å². The molecule has 90 valence electrons. The molecular formula is C13H20BrNO. The van der Waals surface area contributed by atoms with Crippen LogP contribution in [0.5, 0.6) is 5.75 Å². The van der Waals surface area contributed by atoms with Crippen molar-refractivity contribution in [3.05, 3.63) is 28.7 Å². The Labute approximate surface area is 106 Å². The van der Waals surface area contributed by atoms with Gasteiger partial charge in [0.1, 0.15) is 11.9 Å². The van der Waals surface area contributed by atoms with Crippen LogP contribution in [0.3, 0.4) is 0 Å². The van der Waals surface area contributed by atoms with Crippen LogP contribution in [0.15, 0.2) is 28.7 Å². The molecule has 0 spiro atoms. The van der Waals surface area contributed by atoms with Gasteiger partial charge in [-0.05, 0) is 35.0 Å². The third kappa shape index (κ3) is 3.49. The van der Waals surface area contributed by atoms with Gasteiger partial charge in [-0.1, -0.05) is 32.9 Å². The average Bonchev–Trinajstić information content (AvgIpc) is 2.14. The quantitative estimate of drug-likeness (QED) is 0.921. The molecule has 0 fully saturated rings. The minimum atomic E-state index is -0.00815. The van der Waals surface area contributed by atoms with Gasteiger partial charge < -0.3 is 10.5 Å². The SMILES string of the molecule is CC(N)C(Oc1ccccc1Br)C(C)(C)C. The maximum atomic E-state index is 6.00. The fraction of sp³-hybridized carbons (Fsp3) is 0.538. The summed E-state index contributed by atoms with van der Waals surface area (Å²) >= 11 is 3.47. The van der Waals surface area contributed by atoms with Crippen LogP contribution in [0.1, 0.15) is 27.7 Å². The number of ether oxygens (including phenoxy) is 1. The monoisotopic (exact) mass is 285 g/mol. The summed E-state index contributed by atoms with van der Waals surface area (Å²) in [6, 6.07) is 7.84. The number of hydrogen-bond acceptors (Lipinski definition) is 2. The molecule has 0 aliphatic heterocycles. The zero-order valence-corrected chi connectivity index (χ0v) is 11.9. The van der Waals surface area contributed by atoms with Gasteiger partial charge in [0, 0.05) is 11.5 Å². The summed E-state index contributed by atoms with van der Waals surface area (Å²) in [5.74, 6) is 0.847. The maximum absolute atomic E-state index is 6.00. The van der Waals surface area contributed by atoms with Gasteiger partial charge in [-0.15, -0.1) is 0 Å². The molecule has 0 bridgehead atoms. The predicted molar refractivity (Wildman–Crippen MR) is 71.7 cm³/mol. The average molecular weight is 286 g/mol. The van der Waals surface area contributed by atoms with E-state index < -0.39 is 0 Å². The predicted octanol–water partition coefficient (Wildman–Crippen LogP) is 3.59. The first kappa shape index (κ1) is 13.5. The van der Waals surface area contributed by atoms with E-state index >= 15 is 0 Å². The number of halogens is 1. The smallest absolute Gasteiger partial charge is 0.134 e. The van der Waals surface area contributed by atoms with Gasteiger partial charge in [0.05, 0.1) is 4.47 Å². The lowest BCUT2D eigenvalue weighted by Crippen LogP contribution is -2.45. The Kier molecular flexibility index (Phi) is 4.39. The zero-order valence-electron chi connectivity index (χ0n) is 10.3. The van der Waals surface area contributed by atoms with Gasteiger partial charge in [0.2, 0.25) is 0 Å². The minimum Gasteiger partial charge on any atom is -0.487 e. The number of benzene rings is 1. The Bertz CT molecular complexity index is 344. The van der Waals surface area contributed by atoms with Crippen molar-refractivity contribution in [2.75, 3.05) is 0 Å². The molecular weight excluding hydrogens is 266 g/mol. The second kappa shape index (κ2) is 5.19. The van der Waals surface area contributed by atoms with Gasteiger partial charge in [-0.3, -0.25) is 0 Å². The summed E-state index contributed by atoms with van der Waals surface area (Å²) < 4.78 is 6.96. The first-order valence-corrected chi connectivity index (χ1v) is 6.28. The Hall–Kier alpha value is -0.540. The molecule has 0 radical (unpaired) electrons. The van der Waals surface area contributed by atoms with Gasteiger partial charge in [0.15, 0.2) is 0 Å². The third-order valence-electron chi connectivity index (χ3n) is 2.42. The van der Waals surface area contributed by atoms with Crippen molar-refractivity contribution < 1.29 is 4.74 Å². The van der Waals surface area contributed by atoms with Crippen molar-refractivity contribution in [2.24, 2.45) is 11.1 Å². The molecule has 0 aliphatic carbocycles. The number of nitrogens with two attached hydrogens (primary N) is 1. The van der Waals surface area contributed by atoms with Gasteiger partial charge in [-0.25, -0.2) is 0 Å². The molecule has 1 rings (SSSR count). The minimum absolute atomic E-state index is 0.00731. The van der Waals surface area contributed by atoms with Crippen LogP contribution in [0.4, 0.5) is 0 Å². The van der Waals surface area contributed by atoms with E-state index in [0.29, 0.717) is 0 Å². The van der Waals surface area contributed by atoms with Gasteiger partial charge >= 0.3 is 0 Å². The maximum Gasteiger partial charge on any atom is 0.134 e. The van der Waals surface area contributed by atoms with Gasteiger partial charge in [-0.2, -0.15) is 0 Å². The van der Waals surface area contributed by atoms with E-state index in [1.54, 1.807) is 0 Å². The molecule has 2 N–H and O–H groups in total. The summed E-state index contributed by atoms with van der Waals surface area (Å²) in [7, 11) is 0. The van der Waals surface area contributed by atoms with Crippen LogP contribution in [-0.2, 0) is 0 Å². The van der Waals surface area contributed by atoms with Crippen LogP contribution < -0.4 is 10.5 Å². The lowest BCUT2D eigenvalue weighted by atomic mass is 9.85. The van der Waals surface area contributed by atoms with Crippen molar-refractivity contribution in [3.63, 3.8) is 0 Å². The molecule has 0 aliphatic rings. The Morgan fingerprint density at radius 1 is 1.25 bits per heavy atom. The van der Waals surface area contributed by atoms with Crippen molar-refractivity contribution in [2.45, 2.75) is 39.8 Å². The molecule has 3 heteroatoms. The van der Waals surface area contributed by atoms with Gasteiger partial charge in [0.25, 0.3) is 0 Å². The van der Waals surface area contributed by atoms with Crippen LogP contribution in [0, 0.1) is 5.41 Å². The highest BCUT2D eigenvalue weighted by atomic mass is 79.9. The van der Waals surface area contributed by atoms with E-state index in [4.69, 9.17) is 10.5 Å². The van der Waals surface area contributed by atoms with E-state index in [2.05, 4.69) is 36.7 Å². The summed E-state index contributed by atoms with van der Waals surface area (Å²) in [6.07, 6.45) is -0.00815. The third-order valence-corrected chi connectivity index (χ3v) is 3.08. The molecule has 2 unspecified atom stereocenters. The first-order valence-electron chi connectivity index (χ1n) is 5.49. The molecule has 0 amide bonds. The van der Waals surface area contributed by atoms with Crippen molar-refractivity contribution in [1.82, 2.24) is 0 Å². The van der Waals surface area contributed by atoms with Crippen LogP contribution in [0.2, 0.25) is 0 Å². The lowest BCUT2D eigenvalue weighted by molar-refractivity contribution is 0.0677. The lowest BCUT2D eigenvalue weighted by Gasteiger charge is -2.34.